The predicted molar refractivity (Wildman–Crippen MR) is 71.1 cm³/mol. The molecule has 3 rings (SSSR count). The molecule has 1 aliphatic rings. The Bertz CT molecular complexity index is 581. The first-order chi connectivity index (χ1) is 8.75. The molecular formula is C13H11BrN2O2. The Kier molecular flexibility index (Phi) is 2.93. The van der Waals surface area contributed by atoms with E-state index < -0.39 is 0 Å². The van der Waals surface area contributed by atoms with Crippen molar-refractivity contribution in [1.82, 2.24) is 5.32 Å². The number of hydrogen-bond donors (Lipinski definition) is 2. The van der Waals surface area contributed by atoms with E-state index in [0.29, 0.717) is 6.54 Å². The van der Waals surface area contributed by atoms with Gasteiger partial charge in [-0.2, -0.15) is 0 Å². The fourth-order valence-electron chi connectivity index (χ4n) is 2.09. The molecule has 0 spiro atoms. The number of rotatable bonds is 3. The Morgan fingerprint density at radius 2 is 2.22 bits per heavy atom. The van der Waals surface area contributed by atoms with Crippen molar-refractivity contribution in [3.05, 3.63) is 52.4 Å². The van der Waals surface area contributed by atoms with Gasteiger partial charge < -0.3 is 9.73 Å². The van der Waals surface area contributed by atoms with Crippen LogP contribution in [-0.2, 0) is 11.3 Å². The summed E-state index contributed by atoms with van der Waals surface area (Å²) in [4.78, 5) is 11.9. The van der Waals surface area contributed by atoms with Crippen LogP contribution in [0.5, 0.6) is 0 Å². The van der Waals surface area contributed by atoms with E-state index in [2.05, 4.69) is 26.6 Å². The van der Waals surface area contributed by atoms with Gasteiger partial charge in [0.2, 0.25) is 5.91 Å². The van der Waals surface area contributed by atoms with E-state index in [4.69, 9.17) is 4.42 Å². The second-order valence-electron chi connectivity index (χ2n) is 4.08. The van der Waals surface area contributed by atoms with Crippen molar-refractivity contribution in [2.24, 2.45) is 0 Å². The Morgan fingerprint density at radius 1 is 1.33 bits per heavy atom. The Labute approximate surface area is 113 Å². The minimum absolute atomic E-state index is 0.0385. The highest BCUT2D eigenvalue weighted by molar-refractivity contribution is 9.10. The van der Waals surface area contributed by atoms with E-state index in [9.17, 15) is 4.79 Å². The molecule has 2 heterocycles. The molecule has 1 aromatic carbocycles. The molecule has 5 heteroatoms. The fourth-order valence-corrected chi connectivity index (χ4v) is 2.68. The van der Waals surface area contributed by atoms with Crippen LogP contribution in [0.1, 0.15) is 17.4 Å². The van der Waals surface area contributed by atoms with Crippen molar-refractivity contribution in [3.63, 3.8) is 0 Å². The van der Waals surface area contributed by atoms with Crippen LogP contribution in [0.4, 0.5) is 5.69 Å². The zero-order chi connectivity index (χ0) is 12.5. The van der Waals surface area contributed by atoms with E-state index in [0.717, 1.165) is 21.5 Å². The highest BCUT2D eigenvalue weighted by atomic mass is 79.9. The lowest BCUT2D eigenvalue weighted by Crippen LogP contribution is -2.27. The van der Waals surface area contributed by atoms with Gasteiger partial charge in [0.15, 0.2) is 0 Å². The zero-order valence-corrected chi connectivity index (χ0v) is 11.0. The average molecular weight is 307 g/mol. The number of furan rings is 1. The molecule has 4 nitrogen and oxygen atoms in total. The van der Waals surface area contributed by atoms with Crippen LogP contribution in [0.3, 0.4) is 0 Å². The molecule has 18 heavy (non-hydrogen) atoms. The summed E-state index contributed by atoms with van der Waals surface area (Å²) < 4.78 is 6.17. The second kappa shape index (κ2) is 4.59. The third-order valence-electron chi connectivity index (χ3n) is 2.92. The lowest BCUT2D eigenvalue weighted by molar-refractivity contribution is -0.117. The maximum atomic E-state index is 11.9. The molecule has 1 aromatic heterocycles. The number of benzene rings is 1. The van der Waals surface area contributed by atoms with Crippen LogP contribution in [0.25, 0.3) is 0 Å². The molecule has 0 saturated carbocycles. The number of amides is 1. The Balaban J connectivity index is 1.83. The monoisotopic (exact) mass is 306 g/mol. The van der Waals surface area contributed by atoms with Crippen molar-refractivity contribution >= 4 is 27.5 Å². The first-order valence-electron chi connectivity index (χ1n) is 5.61. The molecule has 0 fully saturated rings. The molecule has 1 unspecified atom stereocenters. The van der Waals surface area contributed by atoms with E-state index in [1.54, 1.807) is 6.26 Å². The van der Waals surface area contributed by atoms with Gasteiger partial charge in [0.1, 0.15) is 11.8 Å². The third-order valence-corrected chi connectivity index (χ3v) is 3.61. The maximum absolute atomic E-state index is 11.9. The molecule has 1 amide bonds. The number of anilines is 1. The van der Waals surface area contributed by atoms with E-state index in [1.807, 2.05) is 30.3 Å². The molecule has 92 valence electrons. The predicted octanol–water partition coefficient (Wildman–Crippen LogP) is 2.83. The quantitative estimate of drug-likeness (QED) is 0.917. The smallest absolute Gasteiger partial charge is 0.246 e. The van der Waals surface area contributed by atoms with Crippen molar-refractivity contribution in [1.29, 1.82) is 0 Å². The molecule has 1 atom stereocenters. The van der Waals surface area contributed by atoms with Crippen LogP contribution < -0.4 is 10.6 Å². The SMILES string of the molecule is O=C1Nc2cccc(Br)c2C1NCc1ccco1. The first-order valence-corrected chi connectivity index (χ1v) is 6.40. The van der Waals surface area contributed by atoms with Gasteiger partial charge in [-0.05, 0) is 24.3 Å². The summed E-state index contributed by atoms with van der Waals surface area (Å²) in [5.74, 6) is 0.770. The van der Waals surface area contributed by atoms with Crippen molar-refractivity contribution < 1.29 is 9.21 Å². The van der Waals surface area contributed by atoms with E-state index in [1.165, 1.54) is 0 Å². The van der Waals surface area contributed by atoms with Crippen molar-refractivity contribution in [2.45, 2.75) is 12.6 Å². The number of carbonyl (C=O) groups is 1. The highest BCUT2D eigenvalue weighted by Crippen LogP contribution is 2.36. The van der Waals surface area contributed by atoms with Crippen LogP contribution in [0, 0.1) is 0 Å². The fraction of sp³-hybridized carbons (Fsp3) is 0.154. The summed E-state index contributed by atoms with van der Waals surface area (Å²) in [6.45, 7) is 0.520. The molecule has 2 aromatic rings. The largest absolute Gasteiger partial charge is 0.468 e. The number of fused-ring (bicyclic) bond motifs is 1. The minimum atomic E-state index is -0.347. The van der Waals surface area contributed by atoms with Gasteiger partial charge in [-0.15, -0.1) is 0 Å². The van der Waals surface area contributed by atoms with Crippen LogP contribution in [0.15, 0.2) is 45.5 Å². The zero-order valence-electron chi connectivity index (χ0n) is 9.44. The van der Waals surface area contributed by atoms with Crippen LogP contribution >= 0.6 is 15.9 Å². The number of halogens is 1. The van der Waals surface area contributed by atoms with Crippen molar-refractivity contribution in [3.8, 4) is 0 Å². The topological polar surface area (TPSA) is 54.3 Å². The van der Waals surface area contributed by atoms with Gasteiger partial charge in [0, 0.05) is 15.7 Å². The van der Waals surface area contributed by atoms with Gasteiger partial charge in [-0.25, -0.2) is 0 Å². The summed E-state index contributed by atoms with van der Waals surface area (Å²) in [6, 6.07) is 9.09. The molecule has 0 aliphatic carbocycles. The number of carbonyl (C=O) groups excluding carboxylic acids is 1. The van der Waals surface area contributed by atoms with Crippen LogP contribution in [0.2, 0.25) is 0 Å². The molecule has 0 bridgehead atoms. The van der Waals surface area contributed by atoms with Crippen molar-refractivity contribution in [2.75, 3.05) is 5.32 Å². The van der Waals surface area contributed by atoms with Gasteiger partial charge in [0.25, 0.3) is 0 Å². The van der Waals surface area contributed by atoms with Gasteiger partial charge >= 0.3 is 0 Å². The maximum Gasteiger partial charge on any atom is 0.246 e. The molecule has 2 N–H and O–H groups in total. The van der Waals surface area contributed by atoms with E-state index >= 15 is 0 Å². The minimum Gasteiger partial charge on any atom is -0.468 e. The van der Waals surface area contributed by atoms with Gasteiger partial charge in [-0.3, -0.25) is 10.1 Å². The first kappa shape index (κ1) is 11.5. The summed E-state index contributed by atoms with van der Waals surface area (Å²) in [5, 5.41) is 6.05. The van der Waals surface area contributed by atoms with Gasteiger partial charge in [0.05, 0.1) is 12.8 Å². The average Bonchev–Trinajstić information content (AvgIpc) is 2.94. The van der Waals surface area contributed by atoms with E-state index in [-0.39, 0.29) is 11.9 Å². The third kappa shape index (κ3) is 1.95. The lowest BCUT2D eigenvalue weighted by atomic mass is 10.1. The Morgan fingerprint density at radius 3 is 3.00 bits per heavy atom. The van der Waals surface area contributed by atoms with Crippen LogP contribution in [-0.4, -0.2) is 5.91 Å². The number of nitrogens with one attached hydrogen (secondary N) is 2. The molecule has 0 radical (unpaired) electrons. The summed E-state index contributed by atoms with van der Waals surface area (Å²) >= 11 is 3.48. The highest BCUT2D eigenvalue weighted by Gasteiger charge is 2.31. The molecular weight excluding hydrogens is 296 g/mol. The van der Waals surface area contributed by atoms with Gasteiger partial charge in [-0.1, -0.05) is 22.0 Å². The normalized spacial score (nSPS) is 17.6. The lowest BCUT2D eigenvalue weighted by Gasteiger charge is -2.11. The summed E-state index contributed by atoms with van der Waals surface area (Å²) in [6.07, 6.45) is 1.62. The molecule has 1 aliphatic heterocycles. The molecule has 0 saturated heterocycles. The Hall–Kier alpha value is -1.59. The summed E-state index contributed by atoms with van der Waals surface area (Å²) in [5.41, 5.74) is 1.81. The second-order valence-corrected chi connectivity index (χ2v) is 4.94. The standard InChI is InChI=1S/C13H11BrN2O2/c14-9-4-1-5-10-11(9)12(13(17)16-10)15-7-8-3-2-6-18-8/h1-6,12,15H,7H2,(H,16,17). The number of hydrogen-bond acceptors (Lipinski definition) is 3. The summed E-state index contributed by atoms with van der Waals surface area (Å²) in [7, 11) is 0.